The fourth-order valence-corrected chi connectivity index (χ4v) is 9.05. The van der Waals surface area contributed by atoms with Gasteiger partial charge >= 0.3 is 17.9 Å². The molecule has 1 atom stereocenters. The highest BCUT2D eigenvalue weighted by Gasteiger charge is 2.19. The first-order valence-electron chi connectivity index (χ1n) is 29.2. The van der Waals surface area contributed by atoms with Crippen LogP contribution in [0.2, 0.25) is 0 Å². The molecule has 0 aromatic carbocycles. The van der Waals surface area contributed by atoms with Crippen molar-refractivity contribution in [3.8, 4) is 0 Å². The van der Waals surface area contributed by atoms with Gasteiger partial charge in [0, 0.05) is 19.3 Å². The van der Waals surface area contributed by atoms with Crippen LogP contribution < -0.4 is 0 Å². The van der Waals surface area contributed by atoms with Crippen LogP contribution in [0.1, 0.15) is 330 Å². The number of carbonyl (C=O) groups is 3. The summed E-state index contributed by atoms with van der Waals surface area (Å²) < 4.78 is 16.9. The monoisotopic (exact) mass is 919 g/mol. The highest BCUT2D eigenvalue weighted by Crippen LogP contribution is 2.18. The van der Waals surface area contributed by atoms with Crippen molar-refractivity contribution < 1.29 is 28.6 Å². The van der Waals surface area contributed by atoms with Gasteiger partial charge in [-0.15, -0.1) is 0 Å². The molecule has 0 heterocycles. The summed E-state index contributed by atoms with van der Waals surface area (Å²) in [6.07, 6.45) is 55.3. The van der Waals surface area contributed by atoms with E-state index in [1.807, 2.05) is 0 Å². The maximum absolute atomic E-state index is 12.8. The lowest BCUT2D eigenvalue weighted by molar-refractivity contribution is -0.167. The second kappa shape index (κ2) is 51.8. The van der Waals surface area contributed by atoms with Crippen molar-refractivity contribution in [3.63, 3.8) is 0 Å². The van der Waals surface area contributed by atoms with Crippen LogP contribution in [-0.2, 0) is 28.6 Å². The molecule has 6 heteroatoms. The third-order valence-corrected chi connectivity index (χ3v) is 13.5. The Morgan fingerprint density at radius 2 is 0.508 bits per heavy atom. The summed E-state index contributed by atoms with van der Waals surface area (Å²) >= 11 is 0. The van der Waals surface area contributed by atoms with Gasteiger partial charge in [0.05, 0.1) is 0 Å². The Morgan fingerprint density at radius 3 is 0.754 bits per heavy atom. The fraction of sp³-hybridized carbons (Fsp3) is 0.949. The van der Waals surface area contributed by atoms with Crippen LogP contribution in [-0.4, -0.2) is 37.2 Å². The summed E-state index contributed by atoms with van der Waals surface area (Å²) in [4.78, 5) is 38.1. The molecule has 6 nitrogen and oxygen atoms in total. The molecule has 65 heavy (non-hydrogen) atoms. The van der Waals surface area contributed by atoms with E-state index in [9.17, 15) is 14.4 Å². The van der Waals surface area contributed by atoms with E-state index >= 15 is 0 Å². The molecule has 0 aromatic rings. The Morgan fingerprint density at radius 1 is 0.292 bits per heavy atom. The molecule has 386 valence electrons. The van der Waals surface area contributed by atoms with E-state index in [4.69, 9.17) is 14.2 Å². The molecule has 0 aliphatic carbocycles. The number of unbranched alkanes of at least 4 members (excludes halogenated alkanes) is 38. The van der Waals surface area contributed by atoms with Crippen LogP contribution in [0.5, 0.6) is 0 Å². The molecule has 0 aromatic heterocycles. The van der Waals surface area contributed by atoms with Crippen LogP contribution in [0.4, 0.5) is 0 Å². The summed E-state index contributed by atoms with van der Waals surface area (Å²) in [6, 6.07) is 0. The topological polar surface area (TPSA) is 78.9 Å². The van der Waals surface area contributed by atoms with E-state index in [0.29, 0.717) is 19.3 Å². The van der Waals surface area contributed by atoms with Gasteiger partial charge in [-0.2, -0.15) is 0 Å². The van der Waals surface area contributed by atoms with Gasteiger partial charge in [-0.05, 0) is 31.1 Å². The van der Waals surface area contributed by atoms with Crippen molar-refractivity contribution in [1.29, 1.82) is 0 Å². The van der Waals surface area contributed by atoms with E-state index < -0.39 is 6.10 Å². The first kappa shape index (κ1) is 63.4. The Balaban J connectivity index is 4.25. The molecule has 0 rings (SSSR count). The Bertz CT molecular complexity index is 993. The van der Waals surface area contributed by atoms with Crippen molar-refractivity contribution in [2.45, 2.75) is 336 Å². The quantitative estimate of drug-likeness (QED) is 0.0344. The van der Waals surface area contributed by atoms with E-state index in [2.05, 4.69) is 34.6 Å². The lowest BCUT2D eigenvalue weighted by Gasteiger charge is -2.18. The van der Waals surface area contributed by atoms with Crippen molar-refractivity contribution >= 4 is 17.9 Å². The minimum atomic E-state index is -0.763. The van der Waals surface area contributed by atoms with E-state index in [-0.39, 0.29) is 31.1 Å². The third kappa shape index (κ3) is 53.2. The van der Waals surface area contributed by atoms with Gasteiger partial charge in [0.15, 0.2) is 6.10 Å². The largest absolute Gasteiger partial charge is 0.462 e. The second-order valence-corrected chi connectivity index (χ2v) is 21.2. The summed E-state index contributed by atoms with van der Waals surface area (Å²) in [7, 11) is 0. The predicted molar refractivity (Wildman–Crippen MR) is 280 cm³/mol. The summed E-state index contributed by atoms with van der Waals surface area (Å²) in [5.74, 6) is 0.798. The zero-order chi connectivity index (χ0) is 47.5. The molecule has 0 aliphatic rings. The normalized spacial score (nSPS) is 12.0. The van der Waals surface area contributed by atoms with Crippen LogP contribution in [0.25, 0.3) is 0 Å². The average molecular weight is 920 g/mol. The third-order valence-electron chi connectivity index (χ3n) is 13.5. The molecular formula is C59H114O6. The van der Waals surface area contributed by atoms with Gasteiger partial charge < -0.3 is 14.2 Å². The molecule has 0 radical (unpaired) electrons. The maximum atomic E-state index is 12.8. The second-order valence-electron chi connectivity index (χ2n) is 21.2. The Labute approximate surface area is 406 Å². The van der Waals surface area contributed by atoms with Crippen molar-refractivity contribution in [3.05, 3.63) is 0 Å². The number of carbonyl (C=O) groups excluding carboxylic acids is 3. The number of hydrogen-bond donors (Lipinski definition) is 0. The minimum absolute atomic E-state index is 0.0631. The predicted octanol–water partition coefficient (Wildman–Crippen LogP) is 19.3. The van der Waals surface area contributed by atoms with Gasteiger partial charge in [-0.1, -0.05) is 291 Å². The van der Waals surface area contributed by atoms with Crippen LogP contribution >= 0.6 is 0 Å². The molecule has 0 aliphatic heterocycles. The van der Waals surface area contributed by atoms with Crippen LogP contribution in [0.3, 0.4) is 0 Å². The molecule has 0 N–H and O–H groups in total. The first-order valence-corrected chi connectivity index (χ1v) is 29.2. The maximum Gasteiger partial charge on any atom is 0.306 e. The SMILES string of the molecule is CCCCCCCCCCCCCCCCCCCCCC(=O)OC[C@H](COC(=O)CCCCCCCCCCC(C)C)OC(=O)CCCCCCCCCCCCCCCCC(C)C. The van der Waals surface area contributed by atoms with Crippen LogP contribution in [0.15, 0.2) is 0 Å². The summed E-state index contributed by atoms with van der Waals surface area (Å²) in [6.45, 7) is 11.4. The van der Waals surface area contributed by atoms with Gasteiger partial charge in [0.1, 0.15) is 13.2 Å². The highest BCUT2D eigenvalue weighted by atomic mass is 16.6. The first-order chi connectivity index (χ1) is 31.7. The molecule has 0 saturated heterocycles. The molecule has 0 unspecified atom stereocenters. The Hall–Kier alpha value is -1.59. The fourth-order valence-electron chi connectivity index (χ4n) is 9.05. The molecule has 0 amide bonds. The number of rotatable bonds is 53. The lowest BCUT2D eigenvalue weighted by Crippen LogP contribution is -2.30. The molecular weight excluding hydrogens is 805 g/mol. The molecule has 0 fully saturated rings. The van der Waals surface area contributed by atoms with E-state index in [1.54, 1.807) is 0 Å². The van der Waals surface area contributed by atoms with Crippen molar-refractivity contribution in [2.24, 2.45) is 11.8 Å². The van der Waals surface area contributed by atoms with Gasteiger partial charge in [0.2, 0.25) is 0 Å². The average Bonchev–Trinajstić information content (AvgIpc) is 3.28. The Kier molecular flexibility index (Phi) is 50.5. The number of esters is 3. The standard InChI is InChI=1S/C59H114O6/c1-6-7-8-9-10-11-12-13-14-15-16-17-18-22-25-28-34-39-44-49-57(60)63-52-56(53-64-58(61)50-45-40-35-31-30-33-38-43-48-55(4)5)65-59(62)51-46-41-36-29-26-23-20-19-21-24-27-32-37-42-47-54(2)3/h54-56H,6-53H2,1-5H3/t56-/m1/s1. The number of hydrogen-bond acceptors (Lipinski definition) is 6. The molecule has 0 saturated carbocycles. The molecule has 0 bridgehead atoms. The smallest absolute Gasteiger partial charge is 0.306 e. The van der Waals surface area contributed by atoms with Gasteiger partial charge in [-0.25, -0.2) is 0 Å². The van der Waals surface area contributed by atoms with Gasteiger partial charge in [-0.3, -0.25) is 14.4 Å². The zero-order valence-corrected chi connectivity index (χ0v) is 44.6. The zero-order valence-electron chi connectivity index (χ0n) is 44.6. The van der Waals surface area contributed by atoms with Crippen LogP contribution in [0, 0.1) is 11.8 Å². The summed E-state index contributed by atoms with van der Waals surface area (Å²) in [5, 5.41) is 0. The van der Waals surface area contributed by atoms with Crippen molar-refractivity contribution in [1.82, 2.24) is 0 Å². The van der Waals surface area contributed by atoms with Crippen molar-refractivity contribution in [2.75, 3.05) is 13.2 Å². The van der Waals surface area contributed by atoms with E-state index in [1.165, 1.54) is 218 Å². The number of ether oxygens (including phenoxy) is 3. The highest BCUT2D eigenvalue weighted by molar-refractivity contribution is 5.71. The van der Waals surface area contributed by atoms with E-state index in [0.717, 1.165) is 69.6 Å². The lowest BCUT2D eigenvalue weighted by atomic mass is 10.0. The van der Waals surface area contributed by atoms with Gasteiger partial charge in [0.25, 0.3) is 0 Å². The summed E-state index contributed by atoms with van der Waals surface area (Å²) in [5.41, 5.74) is 0. The molecule has 0 spiro atoms. The minimum Gasteiger partial charge on any atom is -0.462 e.